The SMILES string of the molecule is O=C(C=Cc1ccc(S(=O)(=O)N2CCCCCC2)cc1)Oc1ccc2c3c(c(=O)oc2c1)CCC3. The molecule has 0 spiro atoms. The Morgan fingerprint density at radius 2 is 1.63 bits per heavy atom. The molecule has 2 aliphatic rings. The Morgan fingerprint density at radius 3 is 2.37 bits per heavy atom. The molecular formula is C27H27NO6S. The molecule has 35 heavy (non-hydrogen) atoms. The number of esters is 1. The highest BCUT2D eigenvalue weighted by Gasteiger charge is 2.25. The first-order chi connectivity index (χ1) is 16.9. The highest BCUT2D eigenvalue weighted by molar-refractivity contribution is 7.89. The van der Waals surface area contributed by atoms with E-state index in [4.69, 9.17) is 9.15 Å². The number of hydrogen-bond donors (Lipinski definition) is 0. The molecule has 1 aliphatic heterocycles. The van der Waals surface area contributed by atoms with E-state index in [1.165, 1.54) is 6.08 Å². The maximum atomic E-state index is 12.9. The summed E-state index contributed by atoms with van der Waals surface area (Å²) < 4.78 is 38.2. The van der Waals surface area contributed by atoms with Gasteiger partial charge in [-0.15, -0.1) is 0 Å². The number of hydrogen-bond acceptors (Lipinski definition) is 6. The zero-order valence-corrected chi connectivity index (χ0v) is 20.2. The van der Waals surface area contributed by atoms with Crippen molar-refractivity contribution in [3.8, 4) is 5.75 Å². The molecule has 2 aromatic carbocycles. The standard InChI is InChI=1S/C27H27NO6S/c29-26(33-20-11-14-23-22-6-5-7-24(22)27(30)34-25(23)18-20)15-10-19-8-12-21(13-9-19)35(31,32)28-16-3-1-2-4-17-28/h8-15,18H,1-7,16-17H2. The third-order valence-electron chi connectivity index (χ3n) is 6.66. The van der Waals surface area contributed by atoms with E-state index in [1.807, 2.05) is 6.07 Å². The normalized spacial score (nSPS) is 16.9. The van der Waals surface area contributed by atoms with Gasteiger partial charge in [0, 0.05) is 36.2 Å². The molecule has 5 rings (SSSR count). The number of fused-ring (bicyclic) bond motifs is 3. The fourth-order valence-electron chi connectivity index (χ4n) is 4.82. The van der Waals surface area contributed by atoms with Crippen LogP contribution in [0.1, 0.15) is 48.8 Å². The summed E-state index contributed by atoms with van der Waals surface area (Å²) in [4.78, 5) is 24.8. The highest BCUT2D eigenvalue weighted by Crippen LogP contribution is 2.29. The molecule has 0 unspecified atom stereocenters. The molecule has 3 aromatic rings. The van der Waals surface area contributed by atoms with Crippen LogP contribution in [0, 0.1) is 0 Å². The van der Waals surface area contributed by atoms with Gasteiger partial charge in [-0.2, -0.15) is 4.31 Å². The predicted octanol–water partition coefficient (Wildman–Crippen LogP) is 4.47. The van der Waals surface area contributed by atoms with Crippen LogP contribution in [0.15, 0.2) is 62.6 Å². The molecular weight excluding hydrogens is 466 g/mol. The first-order valence-electron chi connectivity index (χ1n) is 12.0. The van der Waals surface area contributed by atoms with Crippen LogP contribution >= 0.6 is 0 Å². The van der Waals surface area contributed by atoms with Gasteiger partial charge in [-0.3, -0.25) is 0 Å². The maximum Gasteiger partial charge on any atom is 0.339 e. The molecule has 0 atom stereocenters. The maximum absolute atomic E-state index is 12.9. The van der Waals surface area contributed by atoms with E-state index >= 15 is 0 Å². The van der Waals surface area contributed by atoms with Gasteiger partial charge in [0.2, 0.25) is 10.0 Å². The molecule has 0 bridgehead atoms. The number of carbonyl (C=O) groups excluding carboxylic acids is 1. The summed E-state index contributed by atoms with van der Waals surface area (Å²) >= 11 is 0. The van der Waals surface area contributed by atoms with E-state index in [0.29, 0.717) is 24.2 Å². The number of aryl methyl sites for hydroxylation is 1. The molecule has 8 heteroatoms. The van der Waals surface area contributed by atoms with Gasteiger partial charge >= 0.3 is 11.6 Å². The Bertz CT molecular complexity index is 1450. The van der Waals surface area contributed by atoms with E-state index in [1.54, 1.807) is 46.8 Å². The Morgan fingerprint density at radius 1 is 0.914 bits per heavy atom. The summed E-state index contributed by atoms with van der Waals surface area (Å²) in [6, 6.07) is 11.5. The monoisotopic (exact) mass is 493 g/mol. The lowest BCUT2D eigenvalue weighted by Crippen LogP contribution is -2.31. The summed E-state index contributed by atoms with van der Waals surface area (Å²) in [6.07, 6.45) is 9.24. The lowest BCUT2D eigenvalue weighted by atomic mass is 10.1. The van der Waals surface area contributed by atoms with Crippen LogP contribution in [-0.4, -0.2) is 31.8 Å². The smallest absolute Gasteiger partial charge is 0.339 e. The number of nitrogens with zero attached hydrogens (tertiary/aromatic N) is 1. The molecule has 1 fully saturated rings. The summed E-state index contributed by atoms with van der Waals surface area (Å²) in [5, 5.41) is 0.877. The van der Waals surface area contributed by atoms with Crippen LogP contribution in [0.4, 0.5) is 0 Å². The molecule has 7 nitrogen and oxygen atoms in total. The second kappa shape index (κ2) is 9.79. The predicted molar refractivity (Wildman–Crippen MR) is 133 cm³/mol. The summed E-state index contributed by atoms with van der Waals surface area (Å²) in [5.41, 5.74) is 2.53. The Hall–Kier alpha value is -3.23. The fourth-order valence-corrected chi connectivity index (χ4v) is 6.34. The summed E-state index contributed by atoms with van der Waals surface area (Å²) in [5.74, 6) is -0.304. The minimum atomic E-state index is -3.51. The van der Waals surface area contributed by atoms with Crippen molar-refractivity contribution in [2.45, 2.75) is 49.8 Å². The van der Waals surface area contributed by atoms with Gasteiger partial charge in [-0.1, -0.05) is 25.0 Å². The van der Waals surface area contributed by atoms with E-state index in [0.717, 1.165) is 61.5 Å². The molecule has 1 aromatic heterocycles. The van der Waals surface area contributed by atoms with Gasteiger partial charge in [-0.25, -0.2) is 18.0 Å². The minimum absolute atomic E-state index is 0.253. The number of carbonyl (C=O) groups is 1. The largest absolute Gasteiger partial charge is 0.423 e. The van der Waals surface area contributed by atoms with Crippen LogP contribution in [-0.2, 0) is 27.7 Å². The van der Waals surface area contributed by atoms with Gasteiger partial charge in [0.15, 0.2) is 0 Å². The van der Waals surface area contributed by atoms with Crippen LogP contribution < -0.4 is 10.4 Å². The quantitative estimate of drug-likeness (QED) is 0.225. The second-order valence-corrected chi connectivity index (χ2v) is 10.9. The summed E-state index contributed by atoms with van der Waals surface area (Å²) in [7, 11) is -3.51. The third-order valence-corrected chi connectivity index (χ3v) is 8.57. The first kappa shape index (κ1) is 23.5. The average Bonchev–Trinajstić information content (AvgIpc) is 3.18. The highest BCUT2D eigenvalue weighted by atomic mass is 32.2. The van der Waals surface area contributed by atoms with Gasteiger partial charge < -0.3 is 9.15 Å². The van der Waals surface area contributed by atoms with Crippen molar-refractivity contribution in [3.63, 3.8) is 0 Å². The number of rotatable bonds is 5. The molecule has 0 N–H and O–H groups in total. The van der Waals surface area contributed by atoms with Crippen molar-refractivity contribution >= 4 is 33.0 Å². The van der Waals surface area contributed by atoms with Crippen molar-refractivity contribution in [2.75, 3.05) is 13.1 Å². The molecule has 182 valence electrons. The topological polar surface area (TPSA) is 93.9 Å². The van der Waals surface area contributed by atoms with Crippen molar-refractivity contribution in [1.82, 2.24) is 4.31 Å². The van der Waals surface area contributed by atoms with Crippen molar-refractivity contribution in [1.29, 1.82) is 0 Å². The Kier molecular flexibility index (Phi) is 6.58. The van der Waals surface area contributed by atoms with Crippen LogP contribution in [0.5, 0.6) is 5.75 Å². The van der Waals surface area contributed by atoms with Gasteiger partial charge in [0.05, 0.1) is 4.90 Å². The first-order valence-corrected chi connectivity index (χ1v) is 13.4. The summed E-state index contributed by atoms with van der Waals surface area (Å²) in [6.45, 7) is 1.10. The van der Waals surface area contributed by atoms with E-state index < -0.39 is 16.0 Å². The minimum Gasteiger partial charge on any atom is -0.423 e. The number of ether oxygens (including phenoxy) is 1. The number of sulfonamides is 1. The lowest BCUT2D eigenvalue weighted by Gasteiger charge is -2.19. The molecule has 0 radical (unpaired) electrons. The van der Waals surface area contributed by atoms with Crippen molar-refractivity contribution in [3.05, 3.63) is 75.7 Å². The zero-order valence-electron chi connectivity index (χ0n) is 19.4. The van der Waals surface area contributed by atoms with Crippen molar-refractivity contribution < 1.29 is 22.4 Å². The Balaban J connectivity index is 1.26. The van der Waals surface area contributed by atoms with Gasteiger partial charge in [0.25, 0.3) is 0 Å². The lowest BCUT2D eigenvalue weighted by molar-refractivity contribution is -0.128. The molecule has 1 saturated heterocycles. The van der Waals surface area contributed by atoms with E-state index in [9.17, 15) is 18.0 Å². The molecule has 0 amide bonds. The average molecular weight is 494 g/mol. The van der Waals surface area contributed by atoms with Gasteiger partial charge in [0.1, 0.15) is 11.3 Å². The second-order valence-electron chi connectivity index (χ2n) is 9.00. The van der Waals surface area contributed by atoms with Crippen molar-refractivity contribution in [2.24, 2.45) is 0 Å². The van der Waals surface area contributed by atoms with E-state index in [-0.39, 0.29) is 16.3 Å². The molecule has 0 saturated carbocycles. The fraction of sp³-hybridized carbons (Fsp3) is 0.333. The van der Waals surface area contributed by atoms with Crippen LogP contribution in [0.25, 0.3) is 17.0 Å². The Labute approximate surface area is 204 Å². The van der Waals surface area contributed by atoms with Crippen LogP contribution in [0.2, 0.25) is 0 Å². The van der Waals surface area contributed by atoms with Gasteiger partial charge in [-0.05, 0) is 73.6 Å². The zero-order chi connectivity index (χ0) is 24.4. The van der Waals surface area contributed by atoms with Crippen LogP contribution in [0.3, 0.4) is 0 Å². The number of benzene rings is 2. The molecule has 1 aliphatic carbocycles. The molecule has 2 heterocycles. The van der Waals surface area contributed by atoms with E-state index in [2.05, 4.69) is 0 Å². The third kappa shape index (κ3) is 4.94.